The van der Waals surface area contributed by atoms with Gasteiger partial charge in [0, 0.05) is 44.0 Å². The summed E-state index contributed by atoms with van der Waals surface area (Å²) in [6.07, 6.45) is 0. The number of benzene rings is 1. The van der Waals surface area contributed by atoms with E-state index in [1.807, 2.05) is 24.8 Å². The number of hydrogen-bond acceptors (Lipinski definition) is 5. The molecule has 30 heavy (non-hydrogen) atoms. The van der Waals surface area contributed by atoms with E-state index in [1.165, 1.54) is 10.7 Å². The molecule has 0 saturated carbocycles. The second-order valence-corrected chi connectivity index (χ2v) is 8.06. The van der Waals surface area contributed by atoms with Crippen molar-refractivity contribution in [3.63, 3.8) is 0 Å². The van der Waals surface area contributed by atoms with Crippen LogP contribution in [0.3, 0.4) is 0 Å². The van der Waals surface area contributed by atoms with E-state index in [-0.39, 0.29) is 17.6 Å². The molecular weight excluding hydrogens is 406 g/mol. The molecule has 1 fully saturated rings. The first-order chi connectivity index (χ1) is 14.3. The van der Waals surface area contributed by atoms with Gasteiger partial charge in [0.1, 0.15) is 0 Å². The molecule has 1 aromatic carbocycles. The van der Waals surface area contributed by atoms with Crippen LogP contribution in [0.1, 0.15) is 30.0 Å². The first-order valence-corrected chi connectivity index (χ1v) is 10.3. The van der Waals surface area contributed by atoms with Gasteiger partial charge in [0.05, 0.1) is 17.3 Å². The zero-order chi connectivity index (χ0) is 21.8. The van der Waals surface area contributed by atoms with Crippen LogP contribution in [0, 0.1) is 6.92 Å². The van der Waals surface area contributed by atoms with Gasteiger partial charge in [-0.3, -0.25) is 19.3 Å². The molecule has 0 unspecified atom stereocenters. The van der Waals surface area contributed by atoms with Crippen LogP contribution < -0.4 is 10.7 Å². The molecule has 2 heterocycles. The Labute approximate surface area is 180 Å². The SMILES string of the molecule is Cc1cc(=O)c(C(=O)N2CCN(CC(=O)NC(C)C)CC2)nn1-c1ccccc1Cl. The number of aryl methyl sites for hydroxylation is 1. The third-order valence-electron chi connectivity index (χ3n) is 4.87. The maximum absolute atomic E-state index is 13.0. The van der Waals surface area contributed by atoms with E-state index in [4.69, 9.17) is 11.6 Å². The van der Waals surface area contributed by atoms with Crippen molar-refractivity contribution >= 4 is 23.4 Å². The summed E-state index contributed by atoms with van der Waals surface area (Å²) in [6, 6.07) is 8.62. The van der Waals surface area contributed by atoms with Crippen LogP contribution in [0.25, 0.3) is 5.69 Å². The Morgan fingerprint density at radius 2 is 1.83 bits per heavy atom. The normalized spacial score (nSPS) is 14.8. The Balaban J connectivity index is 1.74. The minimum absolute atomic E-state index is 0.0346. The smallest absolute Gasteiger partial charge is 0.278 e. The van der Waals surface area contributed by atoms with Gasteiger partial charge in [-0.2, -0.15) is 5.10 Å². The summed E-state index contributed by atoms with van der Waals surface area (Å²) < 4.78 is 1.52. The fourth-order valence-corrected chi connectivity index (χ4v) is 3.61. The molecule has 1 aliphatic rings. The number of aromatic nitrogens is 2. The van der Waals surface area contributed by atoms with Crippen LogP contribution in [0.15, 0.2) is 35.1 Å². The zero-order valence-corrected chi connectivity index (χ0v) is 18.1. The van der Waals surface area contributed by atoms with E-state index in [0.29, 0.717) is 49.1 Å². The van der Waals surface area contributed by atoms with Crippen LogP contribution in [0.5, 0.6) is 0 Å². The first kappa shape index (κ1) is 22.0. The topological polar surface area (TPSA) is 87.5 Å². The summed E-state index contributed by atoms with van der Waals surface area (Å²) in [5, 5.41) is 7.67. The molecule has 1 aromatic heterocycles. The molecule has 3 rings (SSSR count). The summed E-state index contributed by atoms with van der Waals surface area (Å²) >= 11 is 6.27. The highest BCUT2D eigenvalue weighted by Crippen LogP contribution is 2.20. The highest BCUT2D eigenvalue weighted by Gasteiger charge is 2.26. The van der Waals surface area contributed by atoms with E-state index in [1.54, 1.807) is 30.0 Å². The quantitative estimate of drug-likeness (QED) is 0.774. The van der Waals surface area contributed by atoms with Crippen LogP contribution in [-0.2, 0) is 4.79 Å². The van der Waals surface area contributed by atoms with Crippen molar-refractivity contribution in [1.29, 1.82) is 0 Å². The molecule has 0 aliphatic carbocycles. The van der Waals surface area contributed by atoms with Crippen LogP contribution in [-0.4, -0.2) is 70.2 Å². The Bertz CT molecular complexity index is 996. The maximum Gasteiger partial charge on any atom is 0.278 e. The summed E-state index contributed by atoms with van der Waals surface area (Å²) in [5.41, 5.74) is 0.642. The van der Waals surface area contributed by atoms with Gasteiger partial charge in [0.25, 0.3) is 5.91 Å². The van der Waals surface area contributed by atoms with E-state index in [0.717, 1.165) is 0 Å². The van der Waals surface area contributed by atoms with Gasteiger partial charge in [-0.05, 0) is 32.9 Å². The number of nitrogens with zero attached hydrogens (tertiary/aromatic N) is 4. The van der Waals surface area contributed by atoms with Gasteiger partial charge < -0.3 is 10.2 Å². The van der Waals surface area contributed by atoms with Crippen LogP contribution in [0.4, 0.5) is 0 Å². The second-order valence-electron chi connectivity index (χ2n) is 7.65. The molecule has 2 amide bonds. The number of halogens is 1. The Kier molecular flexibility index (Phi) is 6.89. The van der Waals surface area contributed by atoms with Gasteiger partial charge in [-0.1, -0.05) is 23.7 Å². The molecule has 0 atom stereocenters. The number of piperazine rings is 1. The lowest BCUT2D eigenvalue weighted by Crippen LogP contribution is -2.52. The monoisotopic (exact) mass is 431 g/mol. The van der Waals surface area contributed by atoms with Crippen molar-refractivity contribution in [3.05, 3.63) is 57.0 Å². The lowest BCUT2D eigenvalue weighted by molar-refractivity contribution is -0.123. The highest BCUT2D eigenvalue weighted by atomic mass is 35.5. The van der Waals surface area contributed by atoms with Crippen molar-refractivity contribution in [1.82, 2.24) is 24.9 Å². The molecule has 1 aliphatic heterocycles. The molecule has 0 bridgehead atoms. The predicted molar refractivity (Wildman–Crippen MR) is 115 cm³/mol. The molecule has 9 heteroatoms. The van der Waals surface area contributed by atoms with E-state index in [2.05, 4.69) is 10.4 Å². The number of nitrogens with one attached hydrogen (secondary N) is 1. The maximum atomic E-state index is 13.0. The molecular formula is C21H26ClN5O3. The standard InChI is InChI=1S/C21H26ClN5O3/c1-14(2)23-19(29)13-25-8-10-26(11-9-25)21(30)20-18(28)12-15(3)27(24-20)17-7-5-4-6-16(17)22/h4-7,12,14H,8-11,13H2,1-3H3,(H,23,29). The zero-order valence-electron chi connectivity index (χ0n) is 17.4. The largest absolute Gasteiger partial charge is 0.353 e. The molecule has 0 spiro atoms. The third-order valence-corrected chi connectivity index (χ3v) is 5.19. The van der Waals surface area contributed by atoms with E-state index < -0.39 is 11.3 Å². The minimum atomic E-state index is -0.417. The average molecular weight is 432 g/mol. The molecule has 1 saturated heterocycles. The lowest BCUT2D eigenvalue weighted by atomic mass is 10.2. The fraction of sp³-hybridized carbons (Fsp3) is 0.429. The number of amides is 2. The lowest BCUT2D eigenvalue weighted by Gasteiger charge is -2.34. The third kappa shape index (κ3) is 5.06. The molecule has 2 aromatic rings. The summed E-state index contributed by atoms with van der Waals surface area (Å²) in [4.78, 5) is 41.0. The first-order valence-electron chi connectivity index (χ1n) is 9.93. The number of rotatable bonds is 5. The fourth-order valence-electron chi connectivity index (χ4n) is 3.39. The molecule has 0 radical (unpaired) electrons. The minimum Gasteiger partial charge on any atom is -0.353 e. The van der Waals surface area contributed by atoms with Gasteiger partial charge in [0.2, 0.25) is 11.3 Å². The Morgan fingerprint density at radius 3 is 2.47 bits per heavy atom. The van der Waals surface area contributed by atoms with Crippen molar-refractivity contribution in [3.8, 4) is 5.69 Å². The summed E-state index contributed by atoms with van der Waals surface area (Å²) in [6.45, 7) is 7.83. The van der Waals surface area contributed by atoms with Crippen molar-refractivity contribution in [2.75, 3.05) is 32.7 Å². The van der Waals surface area contributed by atoms with Crippen LogP contribution in [0.2, 0.25) is 5.02 Å². The predicted octanol–water partition coefficient (Wildman–Crippen LogP) is 1.48. The summed E-state index contributed by atoms with van der Waals surface area (Å²) in [5.74, 6) is -0.445. The Morgan fingerprint density at radius 1 is 1.17 bits per heavy atom. The van der Waals surface area contributed by atoms with Gasteiger partial charge in [-0.15, -0.1) is 0 Å². The summed E-state index contributed by atoms with van der Waals surface area (Å²) in [7, 11) is 0. The highest BCUT2D eigenvalue weighted by molar-refractivity contribution is 6.32. The van der Waals surface area contributed by atoms with Crippen molar-refractivity contribution in [2.45, 2.75) is 26.8 Å². The molecule has 8 nitrogen and oxygen atoms in total. The van der Waals surface area contributed by atoms with Crippen LogP contribution >= 0.6 is 11.6 Å². The van der Waals surface area contributed by atoms with Gasteiger partial charge in [-0.25, -0.2) is 4.68 Å². The van der Waals surface area contributed by atoms with E-state index >= 15 is 0 Å². The second kappa shape index (κ2) is 9.40. The molecule has 1 N–H and O–H groups in total. The average Bonchev–Trinajstić information content (AvgIpc) is 2.68. The van der Waals surface area contributed by atoms with Crippen molar-refractivity contribution < 1.29 is 9.59 Å². The number of para-hydroxylation sites is 1. The van der Waals surface area contributed by atoms with Gasteiger partial charge in [0.15, 0.2) is 5.69 Å². The number of carbonyl (C=O) groups excluding carboxylic acids is 2. The number of hydrogen-bond donors (Lipinski definition) is 1. The Hall–Kier alpha value is -2.71. The van der Waals surface area contributed by atoms with Crippen molar-refractivity contribution in [2.24, 2.45) is 0 Å². The molecule has 160 valence electrons. The van der Waals surface area contributed by atoms with Gasteiger partial charge >= 0.3 is 0 Å². The number of carbonyl (C=O) groups is 2. The van der Waals surface area contributed by atoms with E-state index in [9.17, 15) is 14.4 Å².